The number of nitrogens with zero attached hydrogens (tertiary/aromatic N) is 1. The van der Waals surface area contributed by atoms with Crippen LogP contribution in [-0.2, 0) is 18.4 Å². The Morgan fingerprint density at radius 1 is 0.493 bits per heavy atom. The Bertz CT molecular complexity index is 1560. The highest BCUT2D eigenvalue weighted by Gasteiger charge is 2.27. The Morgan fingerprint density at radius 3 is 1.30 bits per heavy atom. The topological polar surface area (TPSA) is 105 Å². The molecule has 1 amide bonds. The average Bonchev–Trinajstić information content (AvgIpc) is 3.33. The molecule has 0 aromatic heterocycles. The molecule has 8 nitrogen and oxygen atoms in total. The van der Waals surface area contributed by atoms with E-state index in [1.54, 1.807) is 6.08 Å². The van der Waals surface area contributed by atoms with E-state index in [0.29, 0.717) is 17.4 Å². The molecule has 0 heterocycles. The number of carbonyl (C=O) groups excluding carboxylic acids is 1. The summed E-state index contributed by atoms with van der Waals surface area (Å²) in [6, 6.07) is -0.870. The van der Waals surface area contributed by atoms with Crippen LogP contribution in [0, 0.1) is 0 Å². The van der Waals surface area contributed by atoms with Crippen LogP contribution >= 0.6 is 7.82 Å². The maximum absolute atomic E-state index is 12.9. The van der Waals surface area contributed by atoms with E-state index in [1.165, 1.54) is 103 Å². The molecule has 406 valence electrons. The molecule has 71 heavy (non-hydrogen) atoms. The Hall–Kier alpha value is -3.10. The fraction of sp³-hybridized carbons (Fsp3) is 0.661. The lowest BCUT2D eigenvalue weighted by Gasteiger charge is -2.25. The summed E-state index contributed by atoms with van der Waals surface area (Å²) in [5, 5.41) is 13.8. The zero-order valence-electron chi connectivity index (χ0n) is 46.2. The number of aliphatic hydroxyl groups is 1. The standard InChI is InChI=1S/C62H107N2O6P/c1-6-8-10-12-14-16-18-20-21-22-23-24-25-26-27-28-29-30-31-32-33-34-35-36-37-38-39-40-41-42-43-44-46-48-50-52-54-56-62(66)63-60(59-70-71(67,68)69-58-57-64(3,4)5)61(65)55-53-51-49-47-45-19-17-15-13-11-9-7-2/h8,10,14,16,20-21,23-24,26-27,29-30,32-33,35-36,45,47,53,55,60-61,65H,6-7,9,11-13,15,17-19,22,25,28,31,34,37-44,46,48-52,54,56-59H2,1-5H3,(H-,63,66,67,68)/p+1/b10-8-,16-14-,21-20-,24-23-,27-26-,30-29-,33-32-,36-35-,47-45+,55-53+. The van der Waals surface area contributed by atoms with E-state index >= 15 is 0 Å². The van der Waals surface area contributed by atoms with Gasteiger partial charge in [-0.3, -0.25) is 13.8 Å². The van der Waals surface area contributed by atoms with E-state index in [2.05, 4.69) is 129 Å². The Balaban J connectivity index is 4.09. The van der Waals surface area contributed by atoms with Crippen molar-refractivity contribution in [2.75, 3.05) is 40.9 Å². The van der Waals surface area contributed by atoms with E-state index in [1.807, 2.05) is 27.2 Å². The number of likely N-dealkylation sites (N-methyl/N-ethyl adjacent to an activating group) is 1. The lowest BCUT2D eigenvalue weighted by Crippen LogP contribution is -2.45. The molecule has 0 aliphatic rings. The van der Waals surface area contributed by atoms with Crippen LogP contribution in [0.5, 0.6) is 0 Å². The zero-order chi connectivity index (χ0) is 52.0. The van der Waals surface area contributed by atoms with Gasteiger partial charge in [0.2, 0.25) is 5.91 Å². The fourth-order valence-electron chi connectivity index (χ4n) is 7.48. The van der Waals surface area contributed by atoms with Crippen molar-refractivity contribution in [2.45, 2.75) is 225 Å². The van der Waals surface area contributed by atoms with Gasteiger partial charge in [-0.2, -0.15) is 0 Å². The number of phosphoric ester groups is 1. The average molecular weight is 1010 g/mol. The van der Waals surface area contributed by atoms with Crippen molar-refractivity contribution < 1.29 is 32.9 Å². The minimum absolute atomic E-state index is 0.0505. The number of allylic oxidation sites excluding steroid dienone is 19. The van der Waals surface area contributed by atoms with Gasteiger partial charge < -0.3 is 19.8 Å². The van der Waals surface area contributed by atoms with Gasteiger partial charge in [-0.25, -0.2) is 4.57 Å². The van der Waals surface area contributed by atoms with Crippen LogP contribution in [0.25, 0.3) is 0 Å². The predicted octanol–water partition coefficient (Wildman–Crippen LogP) is 17.4. The molecule has 0 bridgehead atoms. The molecule has 0 aromatic carbocycles. The summed E-state index contributed by atoms with van der Waals surface area (Å²) >= 11 is 0. The first-order valence-corrected chi connectivity index (χ1v) is 29.9. The van der Waals surface area contributed by atoms with Crippen LogP contribution in [0.4, 0.5) is 0 Å². The molecule has 0 aliphatic carbocycles. The normalized spacial score (nSPS) is 14.9. The molecule has 0 aliphatic heterocycles. The third kappa shape index (κ3) is 54.5. The molecule has 0 fully saturated rings. The first kappa shape index (κ1) is 67.9. The number of hydrogen-bond donors (Lipinski definition) is 3. The summed E-state index contributed by atoms with van der Waals surface area (Å²) in [5.41, 5.74) is 0. The van der Waals surface area contributed by atoms with Crippen LogP contribution in [-0.4, -0.2) is 73.4 Å². The smallest absolute Gasteiger partial charge is 0.387 e. The Labute approximate surface area is 437 Å². The van der Waals surface area contributed by atoms with Crippen molar-refractivity contribution in [3.63, 3.8) is 0 Å². The van der Waals surface area contributed by atoms with E-state index < -0.39 is 20.0 Å². The maximum atomic E-state index is 12.9. The first-order valence-electron chi connectivity index (χ1n) is 28.4. The number of rotatable bonds is 50. The van der Waals surface area contributed by atoms with Crippen LogP contribution in [0.2, 0.25) is 0 Å². The largest absolute Gasteiger partial charge is 0.472 e. The highest BCUT2D eigenvalue weighted by molar-refractivity contribution is 7.47. The van der Waals surface area contributed by atoms with E-state index in [-0.39, 0.29) is 19.1 Å². The number of quaternary nitrogens is 1. The highest BCUT2D eigenvalue weighted by Crippen LogP contribution is 2.43. The van der Waals surface area contributed by atoms with Crippen molar-refractivity contribution in [3.8, 4) is 0 Å². The second kappa shape index (κ2) is 51.8. The molecule has 3 N–H and O–H groups in total. The van der Waals surface area contributed by atoms with Crippen molar-refractivity contribution in [1.29, 1.82) is 0 Å². The molecule has 0 rings (SSSR count). The van der Waals surface area contributed by atoms with Crippen LogP contribution in [0.15, 0.2) is 122 Å². The minimum atomic E-state index is -4.36. The van der Waals surface area contributed by atoms with Gasteiger partial charge in [-0.05, 0) is 96.3 Å². The summed E-state index contributed by atoms with van der Waals surface area (Å²) in [4.78, 5) is 23.2. The third-order valence-electron chi connectivity index (χ3n) is 11.9. The fourth-order valence-corrected chi connectivity index (χ4v) is 8.22. The quantitative estimate of drug-likeness (QED) is 0.0243. The van der Waals surface area contributed by atoms with Crippen LogP contribution in [0.3, 0.4) is 0 Å². The van der Waals surface area contributed by atoms with Gasteiger partial charge >= 0.3 is 7.82 Å². The van der Waals surface area contributed by atoms with Crippen molar-refractivity contribution in [2.24, 2.45) is 0 Å². The molecule has 0 radical (unpaired) electrons. The summed E-state index contributed by atoms with van der Waals surface area (Å²) in [5.74, 6) is -0.195. The molecule has 0 saturated carbocycles. The van der Waals surface area contributed by atoms with E-state index in [4.69, 9.17) is 9.05 Å². The van der Waals surface area contributed by atoms with Gasteiger partial charge in [0.15, 0.2) is 0 Å². The monoisotopic (exact) mass is 1010 g/mol. The molecule has 0 aromatic rings. The predicted molar refractivity (Wildman–Crippen MR) is 308 cm³/mol. The molecule has 3 unspecified atom stereocenters. The molecule has 3 atom stereocenters. The molecule has 0 saturated heterocycles. The summed E-state index contributed by atoms with van der Waals surface area (Å²) in [6.45, 7) is 4.64. The number of aliphatic hydroxyl groups excluding tert-OH is 1. The Morgan fingerprint density at radius 2 is 0.859 bits per heavy atom. The molecular weight excluding hydrogens is 900 g/mol. The molecular formula is C62H108N2O6P+. The van der Waals surface area contributed by atoms with E-state index in [0.717, 1.165) is 89.9 Å². The van der Waals surface area contributed by atoms with Gasteiger partial charge in [-0.15, -0.1) is 0 Å². The number of amides is 1. The third-order valence-corrected chi connectivity index (χ3v) is 12.9. The summed E-state index contributed by atoms with van der Waals surface area (Å²) < 4.78 is 23.6. The minimum Gasteiger partial charge on any atom is -0.387 e. The second-order valence-corrected chi connectivity index (χ2v) is 21.4. The number of unbranched alkanes of at least 4 members (excludes halogenated alkanes) is 19. The summed E-state index contributed by atoms with van der Waals surface area (Å²) in [6.07, 6.45) is 77.4. The number of hydrogen-bond acceptors (Lipinski definition) is 5. The SMILES string of the molecule is CC/C=C\C/C=C\C/C=C\C/C=C\C/C=C\C/C=C\C/C=C\C/C=C\CCCCCCCCCCCCCCC(=O)NC(COP(=O)(O)OCC[N+](C)(C)C)C(O)/C=C/CC/C=C/CCCCCCCC. The molecule has 9 heteroatoms. The lowest BCUT2D eigenvalue weighted by molar-refractivity contribution is -0.870. The summed E-state index contributed by atoms with van der Waals surface area (Å²) in [7, 11) is 1.54. The number of carbonyl (C=O) groups is 1. The van der Waals surface area contributed by atoms with E-state index in [9.17, 15) is 19.4 Å². The first-order chi connectivity index (χ1) is 34.5. The van der Waals surface area contributed by atoms with Crippen molar-refractivity contribution in [3.05, 3.63) is 122 Å². The molecule has 0 spiro atoms. The Kier molecular flexibility index (Phi) is 49.5. The van der Waals surface area contributed by atoms with Gasteiger partial charge in [-0.1, -0.05) is 232 Å². The van der Waals surface area contributed by atoms with Crippen LogP contribution in [0.1, 0.15) is 213 Å². The second-order valence-electron chi connectivity index (χ2n) is 19.9. The van der Waals surface area contributed by atoms with Gasteiger partial charge in [0.25, 0.3) is 0 Å². The lowest BCUT2D eigenvalue weighted by atomic mass is 10.0. The maximum Gasteiger partial charge on any atom is 0.472 e. The van der Waals surface area contributed by atoms with Gasteiger partial charge in [0.1, 0.15) is 13.2 Å². The zero-order valence-corrected chi connectivity index (χ0v) is 47.1. The van der Waals surface area contributed by atoms with Crippen molar-refractivity contribution >= 4 is 13.7 Å². The van der Waals surface area contributed by atoms with Gasteiger partial charge in [0, 0.05) is 6.42 Å². The van der Waals surface area contributed by atoms with Crippen LogP contribution < -0.4 is 5.32 Å². The highest BCUT2D eigenvalue weighted by atomic mass is 31.2. The van der Waals surface area contributed by atoms with Crippen molar-refractivity contribution in [1.82, 2.24) is 5.32 Å². The number of nitrogens with one attached hydrogen (secondary N) is 1. The number of phosphoric acid groups is 1. The van der Waals surface area contributed by atoms with Gasteiger partial charge in [0.05, 0.1) is 39.9 Å².